The predicted octanol–water partition coefficient (Wildman–Crippen LogP) is 5.39. The zero-order valence-corrected chi connectivity index (χ0v) is 22.1. The number of amides is 3. The van der Waals surface area contributed by atoms with E-state index in [1.54, 1.807) is 30.2 Å². The van der Waals surface area contributed by atoms with E-state index in [9.17, 15) is 14.4 Å². The minimum atomic E-state index is -0.462. The first kappa shape index (κ1) is 25.3. The highest BCUT2D eigenvalue weighted by molar-refractivity contribution is 9.10. The van der Waals surface area contributed by atoms with Crippen molar-refractivity contribution in [2.24, 2.45) is 0 Å². The van der Waals surface area contributed by atoms with Crippen molar-refractivity contribution in [3.63, 3.8) is 0 Å². The van der Waals surface area contributed by atoms with E-state index in [1.807, 2.05) is 25.1 Å². The molecular weight excluding hydrogens is 532 g/mol. The van der Waals surface area contributed by atoms with Crippen molar-refractivity contribution < 1.29 is 23.9 Å². The first-order chi connectivity index (χ1) is 16.9. The number of piperidine rings is 1. The number of carbonyl (C=O) groups is 3. The first-order valence-corrected chi connectivity index (χ1v) is 13.1. The van der Waals surface area contributed by atoms with E-state index < -0.39 is 11.1 Å². The Kier molecular flexibility index (Phi) is 8.18. The number of hydrogen-bond acceptors (Lipinski definition) is 6. The molecule has 9 heteroatoms. The van der Waals surface area contributed by atoms with Crippen LogP contribution in [0.3, 0.4) is 0 Å². The van der Waals surface area contributed by atoms with E-state index >= 15 is 0 Å². The maximum atomic E-state index is 12.9. The van der Waals surface area contributed by atoms with Crippen LogP contribution in [0.25, 0.3) is 6.08 Å². The molecule has 0 bridgehead atoms. The van der Waals surface area contributed by atoms with E-state index in [0.717, 1.165) is 47.1 Å². The molecule has 0 N–H and O–H groups in total. The monoisotopic (exact) mass is 558 g/mol. The molecule has 2 aliphatic heterocycles. The lowest BCUT2D eigenvalue weighted by Gasteiger charge is -2.27. The van der Waals surface area contributed by atoms with Gasteiger partial charge in [-0.2, -0.15) is 0 Å². The Morgan fingerprint density at radius 1 is 1.11 bits per heavy atom. The average molecular weight is 559 g/mol. The van der Waals surface area contributed by atoms with Crippen LogP contribution in [0.2, 0.25) is 0 Å². The number of thioether (sulfide) groups is 1. The van der Waals surface area contributed by atoms with Gasteiger partial charge in [-0.05, 0) is 67.3 Å². The van der Waals surface area contributed by atoms with Gasteiger partial charge in [-0.15, -0.1) is 0 Å². The van der Waals surface area contributed by atoms with Gasteiger partial charge in [-0.25, -0.2) is 0 Å². The average Bonchev–Trinajstić information content (AvgIpc) is 3.11. The van der Waals surface area contributed by atoms with E-state index in [1.165, 1.54) is 0 Å². The number of hydrogen-bond donors (Lipinski definition) is 0. The number of ether oxygens (including phenoxy) is 2. The lowest BCUT2D eigenvalue weighted by Crippen LogP contribution is -2.44. The second kappa shape index (κ2) is 11.3. The van der Waals surface area contributed by atoms with Gasteiger partial charge in [-0.1, -0.05) is 45.8 Å². The highest BCUT2D eigenvalue weighted by atomic mass is 79.9. The fourth-order valence-corrected chi connectivity index (χ4v) is 5.32. The molecule has 3 amide bonds. The van der Waals surface area contributed by atoms with Crippen molar-refractivity contribution >= 4 is 50.8 Å². The van der Waals surface area contributed by atoms with Crippen LogP contribution in [-0.4, -0.2) is 53.6 Å². The molecule has 0 atom stereocenters. The van der Waals surface area contributed by atoms with Crippen molar-refractivity contribution in [1.82, 2.24) is 9.80 Å². The van der Waals surface area contributed by atoms with Crippen LogP contribution in [0.15, 0.2) is 45.8 Å². The Labute approximate surface area is 217 Å². The Morgan fingerprint density at radius 3 is 2.60 bits per heavy atom. The molecule has 0 unspecified atom stereocenters. The number of likely N-dealkylation sites (tertiary alicyclic amines) is 1. The molecule has 0 aromatic heterocycles. The van der Waals surface area contributed by atoms with Crippen LogP contribution in [-0.2, 0) is 16.2 Å². The maximum Gasteiger partial charge on any atom is 0.294 e. The van der Waals surface area contributed by atoms with Crippen molar-refractivity contribution in [3.8, 4) is 11.5 Å². The molecule has 0 saturated carbocycles. The molecule has 2 aromatic carbocycles. The summed E-state index contributed by atoms with van der Waals surface area (Å²) in [7, 11) is 1.55. The standard InChI is InChI=1S/C26H27BrN2O5S/c1-17-7-6-8-18(11-17)16-34-22-14-20(27)19(12-21(22)33-2)13-23-25(31)29(26(32)35-23)15-24(30)28-9-4-3-5-10-28/h6-8,11-14H,3-5,9-10,15-16H2,1-2H3/b23-13-. The number of rotatable bonds is 7. The van der Waals surface area contributed by atoms with Crippen LogP contribution < -0.4 is 9.47 Å². The fourth-order valence-electron chi connectivity index (χ4n) is 4.05. The molecule has 2 aromatic rings. The van der Waals surface area contributed by atoms with E-state index in [4.69, 9.17) is 9.47 Å². The van der Waals surface area contributed by atoms with Gasteiger partial charge >= 0.3 is 0 Å². The van der Waals surface area contributed by atoms with Gasteiger partial charge in [0, 0.05) is 17.6 Å². The van der Waals surface area contributed by atoms with Crippen molar-refractivity contribution in [1.29, 1.82) is 0 Å². The summed E-state index contributed by atoms with van der Waals surface area (Å²) in [6.45, 7) is 3.54. The molecule has 4 rings (SSSR count). The SMILES string of the molecule is COc1cc(/C=C2\SC(=O)N(CC(=O)N3CCCCC3)C2=O)c(Br)cc1OCc1cccc(C)c1. The Bertz CT molecular complexity index is 1180. The molecule has 0 radical (unpaired) electrons. The largest absolute Gasteiger partial charge is 0.493 e. The van der Waals surface area contributed by atoms with Gasteiger partial charge in [-0.3, -0.25) is 19.3 Å². The maximum absolute atomic E-state index is 12.9. The predicted molar refractivity (Wildman–Crippen MR) is 139 cm³/mol. The highest BCUT2D eigenvalue weighted by Gasteiger charge is 2.37. The van der Waals surface area contributed by atoms with E-state index in [-0.39, 0.29) is 17.4 Å². The number of halogens is 1. The number of imide groups is 1. The quantitative estimate of drug-likeness (QED) is 0.424. The van der Waals surface area contributed by atoms with Crippen molar-refractivity contribution in [2.75, 3.05) is 26.7 Å². The number of carbonyl (C=O) groups excluding carboxylic acids is 3. The molecule has 0 spiro atoms. The van der Waals surface area contributed by atoms with Crippen LogP contribution in [0.1, 0.15) is 36.0 Å². The molecule has 184 valence electrons. The zero-order chi connectivity index (χ0) is 24.9. The molecule has 2 saturated heterocycles. The Hall–Kier alpha value is -2.78. The molecule has 2 heterocycles. The summed E-state index contributed by atoms with van der Waals surface area (Å²) in [5, 5.41) is -0.437. The third kappa shape index (κ3) is 6.08. The van der Waals surface area contributed by atoms with Crippen molar-refractivity contribution in [3.05, 3.63) is 62.5 Å². The van der Waals surface area contributed by atoms with Crippen LogP contribution >= 0.6 is 27.7 Å². The number of methoxy groups -OCH3 is 1. The van der Waals surface area contributed by atoms with Gasteiger partial charge in [0.25, 0.3) is 11.1 Å². The van der Waals surface area contributed by atoms with Crippen LogP contribution in [0.5, 0.6) is 11.5 Å². The topological polar surface area (TPSA) is 76.2 Å². The molecule has 0 aliphatic carbocycles. The summed E-state index contributed by atoms with van der Waals surface area (Å²) < 4.78 is 12.2. The third-order valence-corrected chi connectivity index (χ3v) is 7.52. The first-order valence-electron chi connectivity index (χ1n) is 11.4. The summed E-state index contributed by atoms with van der Waals surface area (Å²) in [5.41, 5.74) is 2.86. The van der Waals surface area contributed by atoms with Crippen LogP contribution in [0, 0.1) is 6.92 Å². The van der Waals surface area contributed by atoms with Gasteiger partial charge in [0.1, 0.15) is 13.2 Å². The van der Waals surface area contributed by atoms with Gasteiger partial charge in [0.2, 0.25) is 5.91 Å². The second-order valence-electron chi connectivity index (χ2n) is 8.51. The fraction of sp³-hybridized carbons (Fsp3) is 0.346. The Balaban J connectivity index is 1.48. The summed E-state index contributed by atoms with van der Waals surface area (Å²) in [6, 6.07) is 11.6. The summed E-state index contributed by atoms with van der Waals surface area (Å²) >= 11 is 4.37. The normalized spacial score (nSPS) is 17.3. The number of aryl methyl sites for hydroxylation is 1. The van der Waals surface area contributed by atoms with Gasteiger partial charge < -0.3 is 14.4 Å². The summed E-state index contributed by atoms with van der Waals surface area (Å²) in [4.78, 5) is 41.0. The minimum Gasteiger partial charge on any atom is -0.493 e. The lowest BCUT2D eigenvalue weighted by molar-refractivity contribution is -0.136. The third-order valence-electron chi connectivity index (χ3n) is 5.92. The van der Waals surface area contributed by atoms with Gasteiger partial charge in [0.05, 0.1) is 12.0 Å². The zero-order valence-electron chi connectivity index (χ0n) is 19.7. The molecular formula is C26H27BrN2O5S. The van der Waals surface area contributed by atoms with Crippen LogP contribution in [0.4, 0.5) is 4.79 Å². The number of nitrogens with zero attached hydrogens (tertiary/aromatic N) is 2. The lowest BCUT2D eigenvalue weighted by atomic mass is 10.1. The molecule has 35 heavy (non-hydrogen) atoms. The Morgan fingerprint density at radius 2 is 1.89 bits per heavy atom. The minimum absolute atomic E-state index is 0.189. The summed E-state index contributed by atoms with van der Waals surface area (Å²) in [6.07, 6.45) is 4.64. The number of benzene rings is 2. The molecule has 2 fully saturated rings. The van der Waals surface area contributed by atoms with E-state index in [2.05, 4.69) is 22.0 Å². The smallest absolute Gasteiger partial charge is 0.294 e. The van der Waals surface area contributed by atoms with Crippen molar-refractivity contribution in [2.45, 2.75) is 32.8 Å². The molecule has 2 aliphatic rings. The second-order valence-corrected chi connectivity index (χ2v) is 10.4. The van der Waals surface area contributed by atoms with Gasteiger partial charge in [0.15, 0.2) is 11.5 Å². The summed E-state index contributed by atoms with van der Waals surface area (Å²) in [5.74, 6) is 0.409. The highest BCUT2D eigenvalue weighted by Crippen LogP contribution is 2.38. The molecule has 7 nitrogen and oxygen atoms in total. The van der Waals surface area contributed by atoms with E-state index in [0.29, 0.717) is 41.2 Å².